The molecule has 0 radical (unpaired) electrons. The molecule has 1 rings (SSSR count). The zero-order valence-electron chi connectivity index (χ0n) is 11.4. The molecule has 0 bridgehead atoms. The third-order valence-corrected chi connectivity index (χ3v) is 2.41. The third-order valence-electron chi connectivity index (χ3n) is 2.41. The molecule has 0 aliphatic rings. The molecule has 0 heterocycles. The fourth-order valence-corrected chi connectivity index (χ4v) is 1.48. The Hall–Kier alpha value is -2.28. The van der Waals surface area contributed by atoms with Crippen LogP contribution < -0.4 is 0 Å². The molecule has 0 saturated carbocycles. The largest absolute Gasteiger partial charge is 0.465 e. The van der Waals surface area contributed by atoms with E-state index in [1.54, 1.807) is 18.2 Å². The van der Waals surface area contributed by atoms with Crippen LogP contribution >= 0.6 is 0 Å². The lowest BCUT2D eigenvalue weighted by Gasteiger charge is -2.01. The first-order valence-corrected chi connectivity index (χ1v) is 5.92. The molecule has 0 amide bonds. The van der Waals surface area contributed by atoms with Gasteiger partial charge in [0.15, 0.2) is 0 Å². The molecule has 0 saturated heterocycles. The number of esters is 1. The van der Waals surface area contributed by atoms with Crippen LogP contribution in [0.25, 0.3) is 0 Å². The molecule has 19 heavy (non-hydrogen) atoms. The molecule has 4 heteroatoms. The van der Waals surface area contributed by atoms with Crippen molar-refractivity contribution in [3.63, 3.8) is 0 Å². The minimum absolute atomic E-state index is 0.373. The van der Waals surface area contributed by atoms with Gasteiger partial charge in [0.25, 0.3) is 0 Å². The van der Waals surface area contributed by atoms with Crippen LogP contribution in [0.4, 0.5) is 0 Å². The zero-order chi connectivity index (χ0) is 14.1. The maximum absolute atomic E-state index is 11.5. The second-order valence-electron chi connectivity index (χ2n) is 3.85. The minimum atomic E-state index is -0.373. The fraction of sp³-hybridized carbons (Fsp3) is 0.333. The number of oxime groups is 1. The van der Waals surface area contributed by atoms with Gasteiger partial charge in [-0.25, -0.2) is 4.79 Å². The summed E-state index contributed by atoms with van der Waals surface area (Å²) in [7, 11) is 2.87. The van der Waals surface area contributed by atoms with Crippen molar-refractivity contribution in [2.45, 2.75) is 19.8 Å². The SMILES string of the molecule is CO/N=C(\C)CCC#Cc1ccccc1C(=O)OC. The van der Waals surface area contributed by atoms with Gasteiger partial charge in [0.05, 0.1) is 18.4 Å². The molecule has 1 aromatic carbocycles. The number of hydrogen-bond donors (Lipinski definition) is 0. The van der Waals surface area contributed by atoms with Crippen molar-refractivity contribution in [1.82, 2.24) is 0 Å². The van der Waals surface area contributed by atoms with Crippen LogP contribution in [0.1, 0.15) is 35.7 Å². The zero-order valence-corrected chi connectivity index (χ0v) is 11.4. The number of hydrogen-bond acceptors (Lipinski definition) is 4. The highest BCUT2D eigenvalue weighted by molar-refractivity contribution is 5.92. The Morgan fingerprint density at radius 1 is 1.32 bits per heavy atom. The quantitative estimate of drug-likeness (QED) is 0.361. The number of carbonyl (C=O) groups is 1. The highest BCUT2D eigenvalue weighted by Crippen LogP contribution is 2.08. The van der Waals surface area contributed by atoms with Crippen LogP contribution in [0.3, 0.4) is 0 Å². The molecular formula is C15H17NO3. The van der Waals surface area contributed by atoms with Gasteiger partial charge in [0.1, 0.15) is 7.11 Å². The Kier molecular flexibility index (Phi) is 6.17. The number of ether oxygens (including phenoxy) is 1. The second kappa shape index (κ2) is 7.93. The number of nitrogens with zero attached hydrogens (tertiary/aromatic N) is 1. The predicted molar refractivity (Wildman–Crippen MR) is 74.0 cm³/mol. The van der Waals surface area contributed by atoms with E-state index in [0.717, 1.165) is 12.1 Å². The third kappa shape index (κ3) is 4.84. The standard InChI is InChI=1S/C15H17NO3/c1-12(16-19-3)8-4-5-9-13-10-6-7-11-14(13)15(17)18-2/h6-7,10-11H,4,8H2,1-3H3/b16-12+. The molecular weight excluding hydrogens is 242 g/mol. The molecule has 0 aliphatic heterocycles. The van der Waals surface area contributed by atoms with Crippen LogP contribution in [0.2, 0.25) is 0 Å². The molecule has 0 spiro atoms. The van der Waals surface area contributed by atoms with E-state index in [1.165, 1.54) is 14.2 Å². The Morgan fingerprint density at radius 3 is 2.74 bits per heavy atom. The molecule has 0 N–H and O–H groups in total. The lowest BCUT2D eigenvalue weighted by atomic mass is 10.1. The number of benzene rings is 1. The molecule has 0 atom stereocenters. The predicted octanol–water partition coefficient (Wildman–Crippen LogP) is 2.63. The lowest BCUT2D eigenvalue weighted by Crippen LogP contribution is -2.03. The summed E-state index contributed by atoms with van der Waals surface area (Å²) in [6.45, 7) is 1.88. The van der Waals surface area contributed by atoms with Crippen molar-refractivity contribution >= 4 is 11.7 Å². The first-order valence-electron chi connectivity index (χ1n) is 5.92. The van der Waals surface area contributed by atoms with Crippen LogP contribution in [-0.2, 0) is 9.57 Å². The Bertz CT molecular complexity index is 524. The van der Waals surface area contributed by atoms with Crippen molar-refractivity contribution in [1.29, 1.82) is 0 Å². The van der Waals surface area contributed by atoms with E-state index in [1.807, 2.05) is 13.0 Å². The average Bonchev–Trinajstić information content (AvgIpc) is 2.43. The number of carbonyl (C=O) groups excluding carboxylic acids is 1. The number of methoxy groups -OCH3 is 1. The minimum Gasteiger partial charge on any atom is -0.465 e. The monoisotopic (exact) mass is 259 g/mol. The van der Waals surface area contributed by atoms with Gasteiger partial charge in [-0.2, -0.15) is 0 Å². The second-order valence-corrected chi connectivity index (χ2v) is 3.85. The van der Waals surface area contributed by atoms with E-state index in [0.29, 0.717) is 17.5 Å². The smallest absolute Gasteiger partial charge is 0.339 e. The summed E-state index contributed by atoms with van der Waals surface area (Å²) in [5.41, 5.74) is 2.05. The summed E-state index contributed by atoms with van der Waals surface area (Å²) in [6, 6.07) is 7.13. The highest BCUT2D eigenvalue weighted by Gasteiger charge is 2.08. The van der Waals surface area contributed by atoms with E-state index in [2.05, 4.69) is 21.8 Å². The van der Waals surface area contributed by atoms with Gasteiger partial charge < -0.3 is 9.57 Å². The first kappa shape index (κ1) is 14.8. The van der Waals surface area contributed by atoms with Gasteiger partial charge >= 0.3 is 5.97 Å². The van der Waals surface area contributed by atoms with Crippen LogP contribution in [0, 0.1) is 11.8 Å². The summed E-state index contributed by atoms with van der Waals surface area (Å²) >= 11 is 0. The van der Waals surface area contributed by atoms with Crippen LogP contribution in [0.15, 0.2) is 29.4 Å². The molecule has 100 valence electrons. The normalized spacial score (nSPS) is 10.4. The summed E-state index contributed by atoms with van der Waals surface area (Å²) in [5, 5.41) is 3.80. The molecule has 0 aliphatic carbocycles. The van der Waals surface area contributed by atoms with Crippen LogP contribution in [0.5, 0.6) is 0 Å². The maximum atomic E-state index is 11.5. The molecule has 0 unspecified atom stereocenters. The van der Waals surface area contributed by atoms with Crippen molar-refractivity contribution < 1.29 is 14.4 Å². The Labute approximate surface area is 113 Å². The first-order chi connectivity index (χ1) is 9.19. The van der Waals surface area contributed by atoms with Gasteiger partial charge in [-0.05, 0) is 25.5 Å². The summed E-state index contributed by atoms with van der Waals surface area (Å²) in [4.78, 5) is 16.2. The number of rotatable bonds is 4. The van der Waals surface area contributed by atoms with E-state index in [4.69, 9.17) is 4.74 Å². The van der Waals surface area contributed by atoms with E-state index in [9.17, 15) is 4.79 Å². The van der Waals surface area contributed by atoms with Crippen molar-refractivity contribution in [2.24, 2.45) is 5.16 Å². The van der Waals surface area contributed by atoms with Gasteiger partial charge in [-0.1, -0.05) is 29.1 Å². The van der Waals surface area contributed by atoms with E-state index in [-0.39, 0.29) is 5.97 Å². The molecule has 1 aromatic rings. The fourth-order valence-electron chi connectivity index (χ4n) is 1.48. The highest BCUT2D eigenvalue weighted by atomic mass is 16.6. The Balaban J connectivity index is 2.73. The van der Waals surface area contributed by atoms with Crippen molar-refractivity contribution in [3.8, 4) is 11.8 Å². The average molecular weight is 259 g/mol. The van der Waals surface area contributed by atoms with Crippen LogP contribution in [-0.4, -0.2) is 25.9 Å². The maximum Gasteiger partial charge on any atom is 0.339 e. The van der Waals surface area contributed by atoms with Crippen molar-refractivity contribution in [2.75, 3.05) is 14.2 Å². The summed E-state index contributed by atoms with van der Waals surface area (Å²) in [6.07, 6.45) is 1.40. The molecule has 4 nitrogen and oxygen atoms in total. The van der Waals surface area contributed by atoms with Gasteiger partial charge in [0.2, 0.25) is 0 Å². The van der Waals surface area contributed by atoms with Gasteiger partial charge in [-0.3, -0.25) is 0 Å². The van der Waals surface area contributed by atoms with Crippen molar-refractivity contribution in [3.05, 3.63) is 35.4 Å². The topological polar surface area (TPSA) is 47.9 Å². The molecule has 0 fully saturated rings. The van der Waals surface area contributed by atoms with Gasteiger partial charge in [0, 0.05) is 12.0 Å². The molecule has 0 aromatic heterocycles. The van der Waals surface area contributed by atoms with E-state index < -0.39 is 0 Å². The summed E-state index contributed by atoms with van der Waals surface area (Å²) < 4.78 is 4.71. The summed E-state index contributed by atoms with van der Waals surface area (Å²) in [5.74, 6) is 5.62. The Morgan fingerprint density at radius 2 is 2.05 bits per heavy atom. The lowest BCUT2D eigenvalue weighted by molar-refractivity contribution is 0.0600. The van der Waals surface area contributed by atoms with Gasteiger partial charge in [-0.15, -0.1) is 0 Å². The van der Waals surface area contributed by atoms with E-state index >= 15 is 0 Å².